The van der Waals surface area contributed by atoms with Crippen molar-refractivity contribution in [1.82, 2.24) is 10.2 Å². The van der Waals surface area contributed by atoms with Crippen molar-refractivity contribution >= 4 is 20.3 Å². The molecule has 0 aromatic heterocycles. The van der Waals surface area contributed by atoms with Gasteiger partial charge in [-0.3, -0.25) is 4.79 Å². The highest BCUT2D eigenvalue weighted by Gasteiger charge is 2.41. The SMILES string of the molecule is C=CC[C@@H]([C@H](C=Cc1ccccc1)O[Si](C)(C)C(C)(C)C)N1CCNCC1=O. The zero-order valence-electron chi connectivity index (χ0n) is 18.1. The quantitative estimate of drug-likeness (QED) is 0.517. The first-order valence-electron chi connectivity index (χ1n) is 10.2. The minimum atomic E-state index is -2.02. The lowest BCUT2D eigenvalue weighted by atomic mass is 10.0. The Morgan fingerprint density at radius 1 is 1.29 bits per heavy atom. The first-order chi connectivity index (χ1) is 13.2. The molecule has 0 aliphatic carbocycles. The Morgan fingerprint density at radius 3 is 2.54 bits per heavy atom. The normalized spacial score (nSPS) is 18.3. The number of carbonyl (C=O) groups excluding carboxylic acids is 1. The van der Waals surface area contributed by atoms with E-state index in [1.807, 2.05) is 29.2 Å². The van der Waals surface area contributed by atoms with Crippen LogP contribution in [0.2, 0.25) is 18.1 Å². The van der Waals surface area contributed by atoms with Crippen LogP contribution in [0.1, 0.15) is 32.8 Å². The molecule has 1 N–H and O–H groups in total. The van der Waals surface area contributed by atoms with Crippen molar-refractivity contribution in [2.75, 3.05) is 19.6 Å². The Hall–Kier alpha value is -1.69. The van der Waals surface area contributed by atoms with Gasteiger partial charge in [-0.15, -0.1) is 6.58 Å². The lowest BCUT2D eigenvalue weighted by molar-refractivity contribution is -0.136. The van der Waals surface area contributed by atoms with Crippen LogP contribution in [0, 0.1) is 0 Å². The zero-order chi connectivity index (χ0) is 20.8. The lowest BCUT2D eigenvalue weighted by Gasteiger charge is -2.44. The number of carbonyl (C=O) groups is 1. The van der Waals surface area contributed by atoms with E-state index in [1.165, 1.54) is 0 Å². The largest absolute Gasteiger partial charge is 0.408 e. The summed E-state index contributed by atoms with van der Waals surface area (Å²) in [5.41, 5.74) is 1.13. The van der Waals surface area contributed by atoms with Gasteiger partial charge in [0.25, 0.3) is 0 Å². The molecule has 1 amide bonds. The Balaban J connectivity index is 2.36. The van der Waals surface area contributed by atoms with E-state index >= 15 is 0 Å². The molecule has 1 aliphatic rings. The van der Waals surface area contributed by atoms with E-state index in [9.17, 15) is 4.79 Å². The van der Waals surface area contributed by atoms with Gasteiger partial charge in [-0.05, 0) is 30.1 Å². The van der Waals surface area contributed by atoms with Crippen LogP contribution in [0.4, 0.5) is 0 Å². The molecule has 28 heavy (non-hydrogen) atoms. The molecule has 0 radical (unpaired) electrons. The van der Waals surface area contributed by atoms with Crippen LogP contribution in [-0.2, 0) is 9.22 Å². The highest BCUT2D eigenvalue weighted by Crippen LogP contribution is 2.38. The number of nitrogens with zero attached hydrogens (tertiary/aromatic N) is 1. The summed E-state index contributed by atoms with van der Waals surface area (Å²) in [7, 11) is -2.02. The number of hydrogen-bond acceptors (Lipinski definition) is 3. The summed E-state index contributed by atoms with van der Waals surface area (Å²) in [6.45, 7) is 17.1. The molecule has 1 aromatic carbocycles. The molecule has 1 aromatic rings. The predicted octanol–water partition coefficient (Wildman–Crippen LogP) is 4.47. The molecule has 0 saturated carbocycles. The van der Waals surface area contributed by atoms with E-state index < -0.39 is 8.32 Å². The van der Waals surface area contributed by atoms with Crippen LogP contribution in [0.3, 0.4) is 0 Å². The van der Waals surface area contributed by atoms with Crippen molar-refractivity contribution in [2.45, 2.75) is 57.5 Å². The minimum Gasteiger partial charge on any atom is -0.408 e. The molecule has 4 nitrogen and oxygen atoms in total. The Kier molecular flexibility index (Phi) is 7.81. The molecule has 154 valence electrons. The number of amides is 1. The second-order valence-corrected chi connectivity index (χ2v) is 13.7. The number of benzene rings is 1. The number of piperazine rings is 1. The van der Waals surface area contributed by atoms with Crippen LogP contribution >= 0.6 is 0 Å². The third-order valence-electron chi connectivity index (χ3n) is 5.83. The van der Waals surface area contributed by atoms with Crippen LogP contribution in [0.25, 0.3) is 6.08 Å². The van der Waals surface area contributed by atoms with Gasteiger partial charge in [0.2, 0.25) is 5.91 Å². The molecule has 1 aliphatic heterocycles. The standard InChI is InChI=1S/C23H36N2O2Si/c1-7-11-20(25-17-16-24-18-22(25)26)21(27-28(5,6)23(2,3)4)15-14-19-12-9-8-10-13-19/h7-10,12-15,20-21,24H,1,11,16-18H2,2-6H3/t20-,21-/m0/s1. The molecule has 0 spiro atoms. The van der Waals surface area contributed by atoms with Gasteiger partial charge in [-0.1, -0.05) is 69.3 Å². The second kappa shape index (κ2) is 9.68. The van der Waals surface area contributed by atoms with Crippen LogP contribution in [-0.4, -0.2) is 50.9 Å². The van der Waals surface area contributed by atoms with Gasteiger partial charge in [0.15, 0.2) is 8.32 Å². The smallest absolute Gasteiger partial charge is 0.236 e. The molecule has 0 unspecified atom stereocenters. The second-order valence-electron chi connectivity index (χ2n) is 8.97. The van der Waals surface area contributed by atoms with Crippen LogP contribution in [0.15, 0.2) is 49.1 Å². The highest BCUT2D eigenvalue weighted by atomic mass is 28.4. The van der Waals surface area contributed by atoms with Crippen LogP contribution in [0.5, 0.6) is 0 Å². The Labute approximate surface area is 171 Å². The highest BCUT2D eigenvalue weighted by molar-refractivity contribution is 6.74. The van der Waals surface area contributed by atoms with Crippen molar-refractivity contribution in [2.24, 2.45) is 0 Å². The molecular weight excluding hydrogens is 364 g/mol. The van der Waals surface area contributed by atoms with E-state index in [2.05, 4.69) is 70.0 Å². The van der Waals surface area contributed by atoms with Crippen molar-refractivity contribution in [3.05, 3.63) is 54.6 Å². The number of nitrogens with one attached hydrogen (secondary N) is 1. The number of rotatable bonds is 8. The molecule has 2 rings (SSSR count). The van der Waals surface area contributed by atoms with Gasteiger partial charge in [0.05, 0.1) is 18.7 Å². The summed E-state index contributed by atoms with van der Waals surface area (Å²) < 4.78 is 6.83. The maximum Gasteiger partial charge on any atom is 0.236 e. The summed E-state index contributed by atoms with van der Waals surface area (Å²) in [4.78, 5) is 14.6. The Morgan fingerprint density at radius 2 is 1.96 bits per heavy atom. The maximum atomic E-state index is 12.6. The van der Waals surface area contributed by atoms with Gasteiger partial charge >= 0.3 is 0 Å². The van der Waals surface area contributed by atoms with Gasteiger partial charge in [0, 0.05) is 13.1 Å². The Bertz CT molecular complexity index is 680. The third-order valence-corrected chi connectivity index (χ3v) is 10.3. The third kappa shape index (κ3) is 5.90. The van der Waals surface area contributed by atoms with Crippen molar-refractivity contribution in [3.8, 4) is 0 Å². The monoisotopic (exact) mass is 400 g/mol. The molecule has 1 heterocycles. The summed E-state index contributed by atoms with van der Waals surface area (Å²) in [6, 6.07) is 10.2. The summed E-state index contributed by atoms with van der Waals surface area (Å²) in [6.07, 6.45) is 6.70. The molecule has 0 bridgehead atoms. The number of hydrogen-bond donors (Lipinski definition) is 1. The van der Waals surface area contributed by atoms with Gasteiger partial charge in [-0.2, -0.15) is 0 Å². The average molecular weight is 401 g/mol. The minimum absolute atomic E-state index is 0.0406. The molecule has 5 heteroatoms. The molecular formula is C23H36N2O2Si. The van der Waals surface area contributed by atoms with Gasteiger partial charge in [0.1, 0.15) is 0 Å². The van der Waals surface area contributed by atoms with E-state index in [4.69, 9.17) is 4.43 Å². The maximum absolute atomic E-state index is 12.6. The van der Waals surface area contributed by atoms with Gasteiger partial charge in [-0.25, -0.2) is 0 Å². The van der Waals surface area contributed by atoms with Crippen molar-refractivity contribution in [3.63, 3.8) is 0 Å². The first kappa shape index (κ1) is 22.6. The molecule has 1 saturated heterocycles. The fourth-order valence-corrected chi connectivity index (χ4v) is 4.38. The lowest BCUT2D eigenvalue weighted by Crippen LogP contribution is -2.57. The topological polar surface area (TPSA) is 41.6 Å². The molecule has 1 fully saturated rings. The van der Waals surface area contributed by atoms with E-state index in [1.54, 1.807) is 0 Å². The van der Waals surface area contributed by atoms with Crippen molar-refractivity contribution in [1.29, 1.82) is 0 Å². The summed E-state index contributed by atoms with van der Waals surface area (Å²) >= 11 is 0. The predicted molar refractivity (Wildman–Crippen MR) is 121 cm³/mol. The zero-order valence-corrected chi connectivity index (χ0v) is 19.1. The molecule has 2 atom stereocenters. The van der Waals surface area contributed by atoms with Crippen molar-refractivity contribution < 1.29 is 9.22 Å². The summed E-state index contributed by atoms with van der Waals surface area (Å²) in [5.74, 6) is 0.134. The average Bonchev–Trinajstić information content (AvgIpc) is 2.64. The van der Waals surface area contributed by atoms with E-state index in [0.29, 0.717) is 19.5 Å². The van der Waals surface area contributed by atoms with Crippen LogP contribution < -0.4 is 5.32 Å². The summed E-state index contributed by atoms with van der Waals surface area (Å²) in [5, 5.41) is 3.26. The fourth-order valence-electron chi connectivity index (χ4n) is 3.11. The van der Waals surface area contributed by atoms with Gasteiger partial charge < -0.3 is 14.6 Å². The first-order valence-corrected chi connectivity index (χ1v) is 13.1. The fraction of sp³-hybridized carbons (Fsp3) is 0.522. The van der Waals surface area contributed by atoms with E-state index in [0.717, 1.165) is 12.1 Å². The van der Waals surface area contributed by atoms with E-state index in [-0.39, 0.29) is 23.1 Å².